The van der Waals surface area contributed by atoms with Crippen molar-refractivity contribution in [3.63, 3.8) is 0 Å². The monoisotopic (exact) mass is 345 g/mol. The summed E-state index contributed by atoms with van der Waals surface area (Å²) in [6, 6.07) is 14.9. The third-order valence-electron chi connectivity index (χ3n) is 3.55. The molecule has 0 aromatic heterocycles. The summed E-state index contributed by atoms with van der Waals surface area (Å²) in [6.07, 6.45) is 2.84. The van der Waals surface area contributed by atoms with Crippen molar-refractivity contribution in [2.45, 2.75) is 6.10 Å². The van der Waals surface area contributed by atoms with Crippen LogP contribution in [-0.4, -0.2) is 26.7 Å². The Morgan fingerprint density at radius 2 is 1.88 bits per heavy atom. The maximum absolute atomic E-state index is 12.0. The molecule has 2 rings (SSSR count). The van der Waals surface area contributed by atoms with Gasteiger partial charge in [-0.05, 0) is 23.8 Å². The minimum Gasteiger partial charge on any atom is -0.496 e. The van der Waals surface area contributed by atoms with Crippen LogP contribution in [0, 0.1) is 0 Å². The molecule has 24 heavy (non-hydrogen) atoms. The molecule has 5 heteroatoms. The van der Waals surface area contributed by atoms with Crippen LogP contribution in [0.3, 0.4) is 0 Å². The number of nitrogens with one attached hydrogen (secondary N) is 1. The fourth-order valence-electron chi connectivity index (χ4n) is 2.28. The van der Waals surface area contributed by atoms with Crippen LogP contribution >= 0.6 is 11.6 Å². The molecular weight excluding hydrogens is 326 g/mol. The quantitative estimate of drug-likeness (QED) is 0.775. The summed E-state index contributed by atoms with van der Waals surface area (Å²) in [5, 5.41) is 3.43. The van der Waals surface area contributed by atoms with Crippen LogP contribution < -0.4 is 10.1 Å². The van der Waals surface area contributed by atoms with E-state index in [1.54, 1.807) is 26.4 Å². The molecule has 2 aromatic rings. The van der Waals surface area contributed by atoms with Crippen molar-refractivity contribution in [1.82, 2.24) is 5.32 Å². The molecule has 0 fully saturated rings. The summed E-state index contributed by atoms with van der Waals surface area (Å²) in [7, 11) is 3.21. The molecule has 1 amide bonds. The van der Waals surface area contributed by atoms with E-state index in [0.29, 0.717) is 11.6 Å². The summed E-state index contributed by atoms with van der Waals surface area (Å²) in [5.74, 6) is 0.511. The largest absolute Gasteiger partial charge is 0.496 e. The lowest BCUT2D eigenvalue weighted by atomic mass is 10.1. The minimum atomic E-state index is -0.293. The SMILES string of the molecule is COc1ccccc1C(CNC(=O)/C=C/c1ccccc1Cl)OC. The van der Waals surface area contributed by atoms with Gasteiger partial charge in [-0.15, -0.1) is 0 Å². The van der Waals surface area contributed by atoms with Crippen LogP contribution in [0.15, 0.2) is 54.6 Å². The first-order valence-corrected chi connectivity index (χ1v) is 7.89. The van der Waals surface area contributed by atoms with Crippen LogP contribution in [0.1, 0.15) is 17.2 Å². The molecule has 0 bridgehead atoms. The lowest BCUT2D eigenvalue weighted by Crippen LogP contribution is -2.27. The van der Waals surface area contributed by atoms with Crippen LogP contribution in [0.25, 0.3) is 6.08 Å². The minimum absolute atomic E-state index is 0.216. The van der Waals surface area contributed by atoms with Gasteiger partial charge in [0.2, 0.25) is 5.91 Å². The molecule has 0 saturated heterocycles. The lowest BCUT2D eigenvalue weighted by Gasteiger charge is -2.18. The number of benzene rings is 2. The number of para-hydroxylation sites is 1. The Labute approximate surface area is 147 Å². The Balaban J connectivity index is 1.98. The second kappa shape index (κ2) is 9.11. The molecule has 0 aliphatic heterocycles. The van der Waals surface area contributed by atoms with Gasteiger partial charge in [0, 0.05) is 30.3 Å². The van der Waals surface area contributed by atoms with Gasteiger partial charge in [0.25, 0.3) is 0 Å². The molecule has 0 saturated carbocycles. The summed E-state index contributed by atoms with van der Waals surface area (Å²) in [4.78, 5) is 12.0. The Kier molecular flexibility index (Phi) is 6.85. The number of methoxy groups -OCH3 is 2. The van der Waals surface area contributed by atoms with E-state index in [1.807, 2.05) is 42.5 Å². The molecule has 1 atom stereocenters. The molecule has 0 spiro atoms. The first kappa shape index (κ1) is 18.0. The Bertz CT molecular complexity index is 715. The Morgan fingerprint density at radius 3 is 2.58 bits per heavy atom. The predicted octanol–water partition coefficient (Wildman–Crippen LogP) is 3.87. The van der Waals surface area contributed by atoms with Crippen LogP contribution in [-0.2, 0) is 9.53 Å². The highest BCUT2D eigenvalue weighted by Gasteiger charge is 2.15. The standard InChI is InChI=1S/C19H20ClNO3/c1-23-17-10-6-4-8-15(17)18(24-2)13-21-19(22)12-11-14-7-3-5-9-16(14)20/h3-12,18H,13H2,1-2H3,(H,21,22)/b12-11+. The Hall–Kier alpha value is -2.30. The second-order valence-electron chi connectivity index (χ2n) is 5.07. The number of carbonyl (C=O) groups is 1. The highest BCUT2D eigenvalue weighted by Crippen LogP contribution is 2.26. The number of amides is 1. The number of rotatable bonds is 7. The van der Waals surface area contributed by atoms with Crippen LogP contribution in [0.5, 0.6) is 5.75 Å². The van der Waals surface area contributed by atoms with Gasteiger partial charge in [0.1, 0.15) is 11.9 Å². The zero-order valence-electron chi connectivity index (χ0n) is 13.7. The van der Waals surface area contributed by atoms with E-state index in [1.165, 1.54) is 6.08 Å². The third kappa shape index (κ3) is 4.85. The van der Waals surface area contributed by atoms with Crippen molar-refractivity contribution >= 4 is 23.6 Å². The topological polar surface area (TPSA) is 47.6 Å². The van der Waals surface area contributed by atoms with Crippen molar-refractivity contribution in [3.05, 3.63) is 70.8 Å². The van der Waals surface area contributed by atoms with Gasteiger partial charge in [-0.1, -0.05) is 48.0 Å². The van der Waals surface area contributed by atoms with Gasteiger partial charge in [-0.2, -0.15) is 0 Å². The predicted molar refractivity (Wildman–Crippen MR) is 96.2 cm³/mol. The first-order valence-electron chi connectivity index (χ1n) is 7.52. The van der Waals surface area contributed by atoms with E-state index in [0.717, 1.165) is 16.9 Å². The number of ether oxygens (including phenoxy) is 2. The number of halogens is 1. The van der Waals surface area contributed by atoms with Crippen molar-refractivity contribution in [1.29, 1.82) is 0 Å². The van der Waals surface area contributed by atoms with Gasteiger partial charge in [0.15, 0.2) is 0 Å². The van der Waals surface area contributed by atoms with Gasteiger partial charge in [0.05, 0.1) is 7.11 Å². The van der Waals surface area contributed by atoms with Crippen molar-refractivity contribution < 1.29 is 14.3 Å². The number of carbonyl (C=O) groups excluding carboxylic acids is 1. The van der Waals surface area contributed by atoms with E-state index < -0.39 is 0 Å². The second-order valence-corrected chi connectivity index (χ2v) is 5.47. The highest BCUT2D eigenvalue weighted by atomic mass is 35.5. The maximum atomic E-state index is 12.0. The van der Waals surface area contributed by atoms with E-state index in [9.17, 15) is 4.79 Å². The molecular formula is C19H20ClNO3. The average molecular weight is 346 g/mol. The molecule has 0 aliphatic carbocycles. The third-order valence-corrected chi connectivity index (χ3v) is 3.90. The molecule has 2 aromatic carbocycles. The van der Waals surface area contributed by atoms with Gasteiger partial charge >= 0.3 is 0 Å². The van der Waals surface area contributed by atoms with E-state index in [-0.39, 0.29) is 12.0 Å². The highest BCUT2D eigenvalue weighted by molar-refractivity contribution is 6.32. The molecule has 0 radical (unpaired) electrons. The van der Waals surface area contributed by atoms with Crippen molar-refractivity contribution in [2.24, 2.45) is 0 Å². The van der Waals surface area contributed by atoms with Gasteiger partial charge in [-0.25, -0.2) is 0 Å². The number of hydrogen-bond donors (Lipinski definition) is 1. The van der Waals surface area contributed by atoms with E-state index >= 15 is 0 Å². The summed E-state index contributed by atoms with van der Waals surface area (Å²) < 4.78 is 10.8. The van der Waals surface area contributed by atoms with E-state index in [4.69, 9.17) is 21.1 Å². The molecule has 1 N–H and O–H groups in total. The van der Waals surface area contributed by atoms with Gasteiger partial charge < -0.3 is 14.8 Å². The smallest absolute Gasteiger partial charge is 0.244 e. The number of hydrogen-bond acceptors (Lipinski definition) is 3. The first-order chi connectivity index (χ1) is 11.7. The molecule has 0 heterocycles. The average Bonchev–Trinajstić information content (AvgIpc) is 2.62. The maximum Gasteiger partial charge on any atom is 0.244 e. The fraction of sp³-hybridized carbons (Fsp3) is 0.211. The summed E-state index contributed by atoms with van der Waals surface area (Å²) >= 11 is 6.05. The molecule has 4 nitrogen and oxygen atoms in total. The fourth-order valence-corrected chi connectivity index (χ4v) is 2.48. The zero-order chi connectivity index (χ0) is 17.4. The van der Waals surface area contributed by atoms with Gasteiger partial charge in [-0.3, -0.25) is 4.79 Å². The Morgan fingerprint density at radius 1 is 1.17 bits per heavy atom. The molecule has 0 aliphatic rings. The summed E-state index contributed by atoms with van der Waals surface area (Å²) in [6.45, 7) is 0.336. The zero-order valence-corrected chi connectivity index (χ0v) is 14.4. The molecule has 126 valence electrons. The van der Waals surface area contributed by atoms with Crippen LogP contribution in [0.4, 0.5) is 0 Å². The van der Waals surface area contributed by atoms with Crippen molar-refractivity contribution in [3.8, 4) is 5.75 Å². The normalized spacial score (nSPS) is 12.1. The molecule has 1 unspecified atom stereocenters. The van der Waals surface area contributed by atoms with E-state index in [2.05, 4.69) is 5.32 Å². The van der Waals surface area contributed by atoms with Crippen molar-refractivity contribution in [2.75, 3.05) is 20.8 Å². The van der Waals surface area contributed by atoms with Crippen LogP contribution in [0.2, 0.25) is 5.02 Å². The lowest BCUT2D eigenvalue weighted by molar-refractivity contribution is -0.117. The summed E-state index contributed by atoms with van der Waals surface area (Å²) in [5.41, 5.74) is 1.68.